The molecule has 13 heteroatoms. The third-order valence-corrected chi connectivity index (χ3v) is 7.78. The van der Waals surface area contributed by atoms with Crippen molar-refractivity contribution >= 4 is 39.4 Å². The fourth-order valence-corrected chi connectivity index (χ4v) is 5.27. The van der Waals surface area contributed by atoms with Crippen molar-refractivity contribution in [2.24, 2.45) is 15.8 Å². The van der Waals surface area contributed by atoms with Crippen molar-refractivity contribution < 1.29 is 23.1 Å². The summed E-state index contributed by atoms with van der Waals surface area (Å²) in [4.78, 5) is 16.3. The molecule has 38 heavy (non-hydrogen) atoms. The summed E-state index contributed by atoms with van der Waals surface area (Å²) in [6, 6.07) is 15.3. The molecule has 1 amide bonds. The molecule has 2 aromatic carbocycles. The molecule has 1 aliphatic heterocycles. The molecule has 0 saturated heterocycles. The number of carbonyl (C=O) groups excluding carboxylic acids is 1. The first-order chi connectivity index (χ1) is 18.1. The van der Waals surface area contributed by atoms with E-state index in [4.69, 9.17) is 27.2 Å². The number of methoxy groups -OCH3 is 1. The Kier molecular flexibility index (Phi) is 10.2. The molecule has 3 atom stereocenters. The Hall–Kier alpha value is -3.03. The summed E-state index contributed by atoms with van der Waals surface area (Å²) in [6.07, 6.45) is -1.27. The Morgan fingerprint density at radius 3 is 2.50 bits per heavy atom. The van der Waals surface area contributed by atoms with Gasteiger partial charge >= 0.3 is 10.2 Å². The Morgan fingerprint density at radius 1 is 1.29 bits per heavy atom. The maximum atomic E-state index is 13.3. The number of guanidine groups is 1. The van der Waals surface area contributed by atoms with Crippen LogP contribution in [0.5, 0.6) is 0 Å². The number of hydrogen-bond acceptors (Lipinski definition) is 7. The number of aliphatic hydroxyl groups excluding tert-OH is 1. The fraction of sp³-hybridized carbons (Fsp3) is 0.400. The van der Waals surface area contributed by atoms with Gasteiger partial charge in [-0.1, -0.05) is 61.0 Å². The summed E-state index contributed by atoms with van der Waals surface area (Å²) in [5.41, 5.74) is 7.86. The minimum absolute atomic E-state index is 0.0944. The van der Waals surface area contributed by atoms with Crippen LogP contribution in [0.15, 0.2) is 64.7 Å². The molecule has 206 valence electrons. The van der Waals surface area contributed by atoms with Crippen LogP contribution in [0, 0.1) is 0 Å². The van der Waals surface area contributed by atoms with Crippen molar-refractivity contribution in [2.75, 3.05) is 33.4 Å². The number of nitrogens with one attached hydrogen (secondary N) is 1. The lowest BCUT2D eigenvalue weighted by Gasteiger charge is -2.25. The minimum Gasteiger partial charge on any atom is -0.391 e. The zero-order valence-electron chi connectivity index (χ0n) is 21.5. The SMILES string of the molecule is CCN(CCOC)S(=O)(=O)NC(=NC(C(N)=O)C(C)O)N1CC(c2ccccc2)C(c2ccc(Cl)cc2)=N1. The van der Waals surface area contributed by atoms with Gasteiger partial charge in [0.05, 0.1) is 25.0 Å². The number of ether oxygens (including phenoxy) is 1. The lowest BCUT2D eigenvalue weighted by Crippen LogP contribution is -2.50. The molecule has 11 nitrogen and oxygen atoms in total. The van der Waals surface area contributed by atoms with Crippen molar-refractivity contribution in [1.29, 1.82) is 0 Å². The predicted octanol–water partition coefficient (Wildman–Crippen LogP) is 1.54. The molecule has 3 unspecified atom stereocenters. The number of hydrogen-bond donors (Lipinski definition) is 3. The largest absolute Gasteiger partial charge is 0.391 e. The second-order valence-electron chi connectivity index (χ2n) is 8.67. The van der Waals surface area contributed by atoms with Crippen molar-refractivity contribution in [1.82, 2.24) is 14.0 Å². The summed E-state index contributed by atoms with van der Waals surface area (Å²) < 4.78 is 35.3. The number of hydrazone groups is 1. The minimum atomic E-state index is -4.14. The maximum absolute atomic E-state index is 13.3. The lowest BCUT2D eigenvalue weighted by molar-refractivity contribution is -0.121. The van der Waals surface area contributed by atoms with Gasteiger partial charge in [-0.2, -0.15) is 17.8 Å². The van der Waals surface area contributed by atoms with Crippen molar-refractivity contribution in [3.63, 3.8) is 0 Å². The Bertz CT molecular complexity index is 1250. The quantitative estimate of drug-likeness (QED) is 0.278. The van der Waals surface area contributed by atoms with Crippen LogP contribution >= 0.6 is 11.6 Å². The van der Waals surface area contributed by atoms with Gasteiger partial charge in [-0.3, -0.25) is 4.79 Å². The number of carbonyl (C=O) groups is 1. The van der Waals surface area contributed by atoms with Gasteiger partial charge in [0.2, 0.25) is 11.9 Å². The van der Waals surface area contributed by atoms with E-state index in [9.17, 15) is 18.3 Å². The zero-order chi connectivity index (χ0) is 27.9. The molecule has 1 aliphatic rings. The number of nitrogens with two attached hydrogens (primary N) is 1. The van der Waals surface area contributed by atoms with Crippen LogP contribution in [0.1, 0.15) is 30.9 Å². The number of nitrogens with zero attached hydrogens (tertiary/aromatic N) is 4. The lowest BCUT2D eigenvalue weighted by atomic mass is 9.91. The average Bonchev–Trinajstić information content (AvgIpc) is 3.33. The number of likely N-dealkylation sites (N-methyl/N-ethyl adjacent to an activating group) is 1. The molecule has 0 fully saturated rings. The van der Waals surface area contributed by atoms with Crippen LogP contribution in [-0.4, -0.2) is 85.9 Å². The molecule has 1 heterocycles. The van der Waals surface area contributed by atoms with Crippen LogP contribution in [0.3, 0.4) is 0 Å². The van der Waals surface area contributed by atoms with Gasteiger partial charge in [0.1, 0.15) is 0 Å². The molecule has 0 aliphatic carbocycles. The number of primary amides is 1. The van der Waals surface area contributed by atoms with Crippen molar-refractivity contribution in [3.05, 3.63) is 70.7 Å². The van der Waals surface area contributed by atoms with E-state index in [1.807, 2.05) is 42.5 Å². The van der Waals surface area contributed by atoms with Gasteiger partial charge in [-0.05, 0) is 30.2 Å². The van der Waals surface area contributed by atoms with E-state index in [1.165, 1.54) is 23.3 Å². The van der Waals surface area contributed by atoms with Gasteiger partial charge in [0.15, 0.2) is 6.04 Å². The van der Waals surface area contributed by atoms with Gasteiger partial charge in [0, 0.05) is 31.1 Å². The van der Waals surface area contributed by atoms with E-state index in [0.29, 0.717) is 10.7 Å². The predicted molar refractivity (Wildman–Crippen MR) is 147 cm³/mol. The number of halogens is 1. The van der Waals surface area contributed by atoms with Crippen LogP contribution in [0.4, 0.5) is 0 Å². The second-order valence-corrected chi connectivity index (χ2v) is 10.8. The number of benzene rings is 2. The molecule has 3 rings (SSSR count). The molecular formula is C25H33ClN6O5S. The monoisotopic (exact) mass is 564 g/mol. The zero-order valence-corrected chi connectivity index (χ0v) is 23.1. The van der Waals surface area contributed by atoms with Crippen molar-refractivity contribution in [2.45, 2.75) is 31.9 Å². The smallest absolute Gasteiger partial charge is 0.304 e. The third kappa shape index (κ3) is 7.29. The van der Waals surface area contributed by atoms with E-state index in [-0.39, 0.29) is 38.1 Å². The van der Waals surface area contributed by atoms with Crippen LogP contribution < -0.4 is 10.5 Å². The summed E-state index contributed by atoms with van der Waals surface area (Å²) in [5, 5.41) is 16.8. The van der Waals surface area contributed by atoms with E-state index < -0.39 is 28.3 Å². The van der Waals surface area contributed by atoms with E-state index >= 15 is 0 Å². The van der Waals surface area contributed by atoms with Gasteiger partial charge in [-0.15, -0.1) is 0 Å². The highest BCUT2D eigenvalue weighted by molar-refractivity contribution is 7.87. The summed E-state index contributed by atoms with van der Waals surface area (Å²) in [6.45, 7) is 3.67. The topological polar surface area (TPSA) is 150 Å². The van der Waals surface area contributed by atoms with Gasteiger partial charge < -0.3 is 15.6 Å². The van der Waals surface area contributed by atoms with Crippen LogP contribution in [0.25, 0.3) is 0 Å². The first kappa shape index (κ1) is 29.5. The van der Waals surface area contributed by atoms with Crippen LogP contribution in [0.2, 0.25) is 5.02 Å². The normalized spacial score (nSPS) is 17.8. The van der Waals surface area contributed by atoms with Crippen molar-refractivity contribution in [3.8, 4) is 0 Å². The van der Waals surface area contributed by atoms with E-state index in [1.54, 1.807) is 19.1 Å². The molecule has 0 bridgehead atoms. The molecule has 4 N–H and O–H groups in total. The summed E-state index contributed by atoms with van der Waals surface area (Å²) in [7, 11) is -2.66. The molecular weight excluding hydrogens is 532 g/mol. The summed E-state index contributed by atoms with van der Waals surface area (Å²) >= 11 is 6.09. The Labute approximate surface area is 228 Å². The molecule has 0 spiro atoms. The molecule has 0 radical (unpaired) electrons. The number of aliphatic hydroxyl groups is 1. The fourth-order valence-electron chi connectivity index (χ4n) is 3.97. The molecule has 0 aromatic heterocycles. The third-order valence-electron chi connectivity index (χ3n) is 5.97. The highest BCUT2D eigenvalue weighted by Crippen LogP contribution is 2.29. The van der Waals surface area contributed by atoms with Gasteiger partial charge in [0.25, 0.3) is 0 Å². The molecule has 2 aromatic rings. The summed E-state index contributed by atoms with van der Waals surface area (Å²) in [5.74, 6) is -1.42. The Balaban J connectivity index is 2.10. The first-order valence-electron chi connectivity index (χ1n) is 12.1. The van der Waals surface area contributed by atoms with E-state index in [2.05, 4.69) is 9.71 Å². The average molecular weight is 565 g/mol. The Morgan fingerprint density at radius 2 is 1.95 bits per heavy atom. The first-order valence-corrected chi connectivity index (χ1v) is 13.9. The van der Waals surface area contributed by atoms with Crippen LogP contribution in [-0.2, 0) is 19.7 Å². The molecule has 0 saturated carbocycles. The van der Waals surface area contributed by atoms with Gasteiger partial charge in [-0.25, -0.2) is 14.7 Å². The standard InChI is InChI=1S/C25H33ClN6O5S/c1-4-31(14-15-37-3)38(35,36)30-25(28-22(17(2)33)24(27)34)32-16-21(18-8-6-5-7-9-18)23(29-32)19-10-12-20(26)13-11-19/h5-13,17,21-22,33H,4,14-16H2,1-3H3,(H2,27,34)(H,28,30). The highest BCUT2D eigenvalue weighted by atomic mass is 35.5. The highest BCUT2D eigenvalue weighted by Gasteiger charge is 2.35. The van der Waals surface area contributed by atoms with E-state index in [0.717, 1.165) is 11.1 Å². The number of amides is 1. The number of rotatable bonds is 11. The second kappa shape index (κ2) is 13.2. The number of aliphatic imine (C=N–C) groups is 1. The maximum Gasteiger partial charge on any atom is 0.304 e.